The molecular weight excluding hydrogens is 354 g/mol. The van der Waals surface area contributed by atoms with Gasteiger partial charge in [0.2, 0.25) is 10.0 Å². The lowest BCUT2D eigenvalue weighted by Gasteiger charge is -2.36. The van der Waals surface area contributed by atoms with Gasteiger partial charge in [0.05, 0.1) is 10.8 Å². The van der Waals surface area contributed by atoms with Gasteiger partial charge >= 0.3 is 5.97 Å². The highest BCUT2D eigenvalue weighted by Gasteiger charge is 2.53. The molecule has 2 aromatic rings. The minimum absolute atomic E-state index is 0.0148. The first-order chi connectivity index (χ1) is 12.4. The number of benzene rings is 2. The predicted molar refractivity (Wildman–Crippen MR) is 96.3 cm³/mol. The number of aliphatic carboxylic acids is 1. The van der Waals surface area contributed by atoms with Crippen LogP contribution in [0.1, 0.15) is 12.8 Å². The van der Waals surface area contributed by atoms with E-state index in [-0.39, 0.29) is 18.0 Å². The van der Waals surface area contributed by atoms with E-state index in [0.717, 1.165) is 5.39 Å². The van der Waals surface area contributed by atoms with Gasteiger partial charge in [-0.1, -0.05) is 36.4 Å². The van der Waals surface area contributed by atoms with Crippen molar-refractivity contribution in [1.82, 2.24) is 4.31 Å². The van der Waals surface area contributed by atoms with Gasteiger partial charge in [0.15, 0.2) is 0 Å². The van der Waals surface area contributed by atoms with Crippen LogP contribution >= 0.6 is 0 Å². The van der Waals surface area contributed by atoms with Crippen molar-refractivity contribution in [3.8, 4) is 0 Å². The zero-order chi connectivity index (χ0) is 18.4. The first-order valence-corrected chi connectivity index (χ1v) is 10.2. The van der Waals surface area contributed by atoms with Crippen molar-refractivity contribution < 1.29 is 23.1 Å². The van der Waals surface area contributed by atoms with Gasteiger partial charge in [-0.05, 0) is 24.3 Å². The summed E-state index contributed by atoms with van der Waals surface area (Å²) in [5.74, 6) is -1.63. The lowest BCUT2D eigenvalue weighted by Crippen LogP contribution is -2.40. The summed E-state index contributed by atoms with van der Waals surface area (Å²) in [5, 5.41) is 11.2. The molecular formula is C19H21NO5S. The minimum Gasteiger partial charge on any atom is -0.481 e. The lowest BCUT2D eigenvalue weighted by molar-refractivity contribution is -0.146. The van der Waals surface area contributed by atoms with Crippen LogP contribution in [0.3, 0.4) is 0 Å². The highest BCUT2D eigenvalue weighted by molar-refractivity contribution is 7.89. The molecule has 0 bridgehead atoms. The molecule has 2 fully saturated rings. The Morgan fingerprint density at radius 1 is 1.12 bits per heavy atom. The van der Waals surface area contributed by atoms with E-state index in [0.29, 0.717) is 31.4 Å². The Labute approximate surface area is 152 Å². The Balaban J connectivity index is 1.75. The second-order valence-electron chi connectivity index (χ2n) is 7.14. The molecule has 6 nitrogen and oxygen atoms in total. The number of ether oxygens (including phenoxy) is 1. The molecule has 2 aliphatic rings. The molecule has 1 spiro atoms. The fourth-order valence-corrected chi connectivity index (χ4v) is 6.06. The van der Waals surface area contributed by atoms with Crippen molar-refractivity contribution in [3.05, 3.63) is 42.5 Å². The molecule has 0 saturated carbocycles. The van der Waals surface area contributed by atoms with Crippen molar-refractivity contribution in [3.63, 3.8) is 0 Å². The molecule has 2 aromatic carbocycles. The highest BCUT2D eigenvalue weighted by Crippen LogP contribution is 2.46. The quantitative estimate of drug-likeness (QED) is 0.890. The van der Waals surface area contributed by atoms with Gasteiger partial charge in [-0.2, -0.15) is 4.31 Å². The van der Waals surface area contributed by atoms with E-state index >= 15 is 0 Å². The maximum absolute atomic E-state index is 13.3. The molecule has 0 amide bonds. The number of hydrogen-bond donors (Lipinski definition) is 1. The van der Waals surface area contributed by atoms with Gasteiger partial charge < -0.3 is 9.84 Å². The largest absolute Gasteiger partial charge is 0.481 e. The van der Waals surface area contributed by atoms with Gasteiger partial charge in [-0.25, -0.2) is 8.42 Å². The zero-order valence-corrected chi connectivity index (χ0v) is 15.1. The Bertz CT molecular complexity index is 944. The number of fused-ring (bicyclic) bond motifs is 1. The molecule has 7 heteroatoms. The van der Waals surface area contributed by atoms with E-state index in [1.165, 1.54) is 4.31 Å². The Morgan fingerprint density at radius 2 is 1.81 bits per heavy atom. The van der Waals surface area contributed by atoms with E-state index in [1.54, 1.807) is 18.2 Å². The van der Waals surface area contributed by atoms with Crippen LogP contribution in [-0.4, -0.2) is 50.1 Å². The second-order valence-corrected chi connectivity index (χ2v) is 9.05. The summed E-state index contributed by atoms with van der Waals surface area (Å²) in [5.41, 5.74) is -0.540. The van der Waals surface area contributed by atoms with Gasteiger partial charge in [0.25, 0.3) is 0 Å². The summed E-state index contributed by atoms with van der Waals surface area (Å²) in [4.78, 5) is 12.1. The molecule has 0 radical (unpaired) electrons. The van der Waals surface area contributed by atoms with Crippen molar-refractivity contribution >= 4 is 26.8 Å². The zero-order valence-electron chi connectivity index (χ0n) is 14.3. The topological polar surface area (TPSA) is 83.9 Å². The SMILES string of the molecule is O=C(O)C1CN(S(=O)(=O)c2cccc3ccccc23)CC12CCOCC2. The van der Waals surface area contributed by atoms with Crippen LogP contribution < -0.4 is 0 Å². The molecule has 138 valence electrons. The number of nitrogens with zero attached hydrogens (tertiary/aromatic N) is 1. The first-order valence-electron chi connectivity index (χ1n) is 8.73. The van der Waals surface area contributed by atoms with Crippen molar-refractivity contribution in [2.75, 3.05) is 26.3 Å². The molecule has 26 heavy (non-hydrogen) atoms. The Kier molecular flexibility index (Phi) is 4.25. The molecule has 1 N–H and O–H groups in total. The third-order valence-corrected chi connectivity index (χ3v) is 7.64. The highest BCUT2D eigenvalue weighted by atomic mass is 32.2. The monoisotopic (exact) mass is 375 g/mol. The Morgan fingerprint density at radius 3 is 2.54 bits per heavy atom. The molecule has 0 aromatic heterocycles. The number of sulfonamides is 1. The number of carboxylic acid groups (broad SMARTS) is 1. The maximum atomic E-state index is 13.3. The van der Waals surface area contributed by atoms with Gasteiger partial charge in [0.1, 0.15) is 0 Å². The number of hydrogen-bond acceptors (Lipinski definition) is 4. The fraction of sp³-hybridized carbons (Fsp3) is 0.421. The number of carboxylic acids is 1. The molecule has 2 heterocycles. The van der Waals surface area contributed by atoms with Crippen LogP contribution in [0.5, 0.6) is 0 Å². The molecule has 2 saturated heterocycles. The van der Waals surface area contributed by atoms with E-state index < -0.39 is 27.3 Å². The summed E-state index contributed by atoms with van der Waals surface area (Å²) in [6.07, 6.45) is 1.15. The van der Waals surface area contributed by atoms with Crippen LogP contribution in [0.4, 0.5) is 0 Å². The van der Waals surface area contributed by atoms with E-state index in [4.69, 9.17) is 4.74 Å². The van der Waals surface area contributed by atoms with Crippen molar-refractivity contribution in [1.29, 1.82) is 0 Å². The van der Waals surface area contributed by atoms with Crippen LogP contribution in [0, 0.1) is 11.3 Å². The summed E-state index contributed by atoms with van der Waals surface area (Å²) in [7, 11) is -3.78. The van der Waals surface area contributed by atoms with Crippen molar-refractivity contribution in [2.24, 2.45) is 11.3 Å². The smallest absolute Gasteiger partial charge is 0.308 e. The van der Waals surface area contributed by atoms with Crippen LogP contribution in [-0.2, 0) is 19.6 Å². The fourth-order valence-electron chi connectivity index (χ4n) is 4.29. The summed E-state index contributed by atoms with van der Waals surface area (Å²) >= 11 is 0. The van der Waals surface area contributed by atoms with Crippen LogP contribution in [0.15, 0.2) is 47.4 Å². The standard InChI is InChI=1S/C19H21NO5S/c21-18(22)16-12-20(13-19(16)8-10-25-11-9-19)26(23,24)17-7-3-5-14-4-1-2-6-15(14)17/h1-7,16H,8-13H2,(H,21,22). The van der Waals surface area contributed by atoms with E-state index in [2.05, 4.69) is 0 Å². The third kappa shape index (κ3) is 2.71. The van der Waals surface area contributed by atoms with E-state index in [1.807, 2.05) is 24.3 Å². The van der Waals surface area contributed by atoms with Crippen molar-refractivity contribution in [2.45, 2.75) is 17.7 Å². The molecule has 4 rings (SSSR count). The summed E-state index contributed by atoms with van der Waals surface area (Å²) in [6.45, 7) is 1.21. The van der Waals surface area contributed by atoms with Crippen LogP contribution in [0.2, 0.25) is 0 Å². The summed E-state index contributed by atoms with van der Waals surface area (Å²) < 4.78 is 33.4. The molecule has 0 aliphatic carbocycles. The number of carbonyl (C=O) groups is 1. The average molecular weight is 375 g/mol. The van der Waals surface area contributed by atoms with Gasteiger partial charge in [-0.15, -0.1) is 0 Å². The lowest BCUT2D eigenvalue weighted by atomic mass is 9.72. The van der Waals surface area contributed by atoms with Crippen LogP contribution in [0.25, 0.3) is 10.8 Å². The minimum atomic E-state index is -3.78. The average Bonchev–Trinajstić information content (AvgIpc) is 3.01. The molecule has 2 aliphatic heterocycles. The maximum Gasteiger partial charge on any atom is 0.308 e. The predicted octanol–water partition coefficient (Wildman–Crippen LogP) is 2.34. The second kappa shape index (κ2) is 6.33. The first kappa shape index (κ1) is 17.5. The van der Waals surface area contributed by atoms with Gasteiger partial charge in [-0.3, -0.25) is 4.79 Å². The normalized spacial score (nSPS) is 23.5. The van der Waals surface area contributed by atoms with Gasteiger partial charge in [0, 0.05) is 37.1 Å². The molecule has 1 unspecified atom stereocenters. The number of rotatable bonds is 3. The van der Waals surface area contributed by atoms with E-state index in [9.17, 15) is 18.3 Å². The summed E-state index contributed by atoms with van der Waals surface area (Å²) in [6, 6.07) is 12.5. The third-order valence-electron chi connectivity index (χ3n) is 5.77. The molecule has 1 atom stereocenters. The Hall–Kier alpha value is -1.96.